The van der Waals surface area contributed by atoms with E-state index in [1.807, 2.05) is 0 Å². The van der Waals surface area contributed by atoms with Crippen molar-refractivity contribution >= 4 is 35.1 Å². The Balaban J connectivity index is 0.00000946. The lowest BCUT2D eigenvalue weighted by Crippen LogP contribution is -3.00. The number of esters is 2. The molecule has 3 fully saturated rings. The fourth-order valence-electron chi connectivity index (χ4n) is 8.68. The highest BCUT2D eigenvalue weighted by Crippen LogP contribution is 2.44. The Morgan fingerprint density at radius 1 is 0.556 bits per heavy atom. The lowest BCUT2D eigenvalue weighted by atomic mass is 9.97. The highest BCUT2D eigenvalue weighted by atomic mass is 35.5. The van der Waals surface area contributed by atoms with Gasteiger partial charge in [-0.2, -0.15) is 0 Å². The van der Waals surface area contributed by atoms with Crippen LogP contribution in [0.3, 0.4) is 0 Å². The monoisotopic (exact) mass is 1160 g/mol. The molecule has 14 N–H and O–H groups in total. The van der Waals surface area contributed by atoms with Crippen molar-refractivity contribution in [3.63, 3.8) is 0 Å². The van der Waals surface area contributed by atoms with E-state index in [1.54, 1.807) is 0 Å². The zero-order chi connectivity index (χ0) is 57.7. The number of phenolic OH excluding ortho intramolecular Hbond substituents is 5. The number of carbonyl (C=O) groups excluding carboxylic acids is 2. The van der Waals surface area contributed by atoms with E-state index in [0.29, 0.717) is 5.56 Å². The molecule has 27 nitrogen and oxygen atoms in total. The van der Waals surface area contributed by atoms with E-state index in [4.69, 9.17) is 51.8 Å². The van der Waals surface area contributed by atoms with Crippen molar-refractivity contribution < 1.29 is 145 Å². The number of aromatic hydroxyl groups is 5. The average Bonchev–Trinajstić information content (AvgIpc) is 3.50. The topological polar surface area (TPSA) is 421 Å². The molecule has 0 saturated carbocycles. The third kappa shape index (κ3) is 13.7. The van der Waals surface area contributed by atoms with Crippen molar-refractivity contribution in [1.82, 2.24) is 0 Å². The molecule has 0 radical (unpaired) electrons. The van der Waals surface area contributed by atoms with Gasteiger partial charge in [0.25, 0.3) is 0 Å². The second-order valence-corrected chi connectivity index (χ2v) is 18.3. The number of benzene rings is 4. The fourth-order valence-corrected chi connectivity index (χ4v) is 8.68. The van der Waals surface area contributed by atoms with Crippen LogP contribution < -0.4 is 31.4 Å². The maximum atomic E-state index is 13.5. The van der Waals surface area contributed by atoms with Gasteiger partial charge in [0.05, 0.1) is 39.1 Å². The number of ether oxygens (including phenoxy) is 10. The van der Waals surface area contributed by atoms with Gasteiger partial charge in [0.2, 0.25) is 24.1 Å². The zero-order valence-electron chi connectivity index (χ0n) is 42.5. The summed E-state index contributed by atoms with van der Waals surface area (Å²) in [5.41, 5.74) is 0.453. The number of aliphatic hydroxyl groups excluding tert-OH is 9. The molecular formula is C53H57ClO27. The molecule has 0 spiro atoms. The number of fused-ring (bicyclic) bond motifs is 1. The van der Waals surface area contributed by atoms with Crippen molar-refractivity contribution in [2.45, 2.75) is 92.1 Å². The van der Waals surface area contributed by atoms with Crippen molar-refractivity contribution in [2.75, 3.05) is 34.0 Å². The predicted molar refractivity (Wildman–Crippen MR) is 268 cm³/mol. The van der Waals surface area contributed by atoms with Gasteiger partial charge < -0.3 is 131 Å². The number of rotatable bonds is 18. The molecule has 4 aromatic carbocycles. The average molecular weight is 1160 g/mol. The molecule has 5 aromatic rings. The Kier molecular flexibility index (Phi) is 20.1. The fraction of sp³-hybridized carbons (Fsp3) is 0.377. The zero-order valence-corrected chi connectivity index (χ0v) is 43.2. The summed E-state index contributed by atoms with van der Waals surface area (Å²) in [6, 6.07) is 15.1. The Morgan fingerprint density at radius 2 is 1.14 bits per heavy atom. The molecule has 8 rings (SSSR count). The van der Waals surface area contributed by atoms with E-state index in [9.17, 15) is 81.1 Å². The van der Waals surface area contributed by atoms with Crippen molar-refractivity contribution in [3.05, 3.63) is 96.1 Å². The molecule has 81 heavy (non-hydrogen) atoms. The number of hydrogen-bond acceptors (Lipinski definition) is 26. The molecule has 1 aromatic heterocycles. The van der Waals surface area contributed by atoms with E-state index in [-0.39, 0.29) is 69.0 Å². The first-order valence-electron chi connectivity index (χ1n) is 24.3. The summed E-state index contributed by atoms with van der Waals surface area (Å²) >= 11 is 0. The van der Waals surface area contributed by atoms with Gasteiger partial charge in [0.1, 0.15) is 90.3 Å². The van der Waals surface area contributed by atoms with Gasteiger partial charge in [0.15, 0.2) is 41.5 Å². The number of aliphatic hydroxyl groups is 9. The Morgan fingerprint density at radius 3 is 1.78 bits per heavy atom. The summed E-state index contributed by atoms with van der Waals surface area (Å²) in [5, 5.41) is 150. The van der Waals surface area contributed by atoms with Crippen LogP contribution in [0.2, 0.25) is 0 Å². The number of carbonyl (C=O) groups is 2. The molecule has 0 aliphatic carbocycles. The SMILES string of the molecule is COc1cc(/C=C/C(=O)O[C@H]2[C@H](O[C@H]3[C@H](Oc4cc5c(O[C@@H]6O[C@H](CO)[C@@H](O)[C@H](O)[C@H]6O)cc(O)cc5[o+]c4-c4ccc(O)c(O)c4)O[C@H](COC(=O)/C=C/c4ccc(O)cc4)[C@@H](O)[C@@H]3O)O[C@H](CO)[C@@H](O)[C@@H]2O)cc(OC)c1O.[Cl-]. The first-order valence-corrected chi connectivity index (χ1v) is 24.3. The van der Waals surface area contributed by atoms with Crippen molar-refractivity contribution in [3.8, 4) is 63.1 Å². The molecule has 0 bridgehead atoms. The lowest BCUT2D eigenvalue weighted by molar-refractivity contribution is -0.358. The largest absolute Gasteiger partial charge is 1.00 e. The van der Waals surface area contributed by atoms with Crippen LogP contribution in [0.15, 0.2) is 89.4 Å². The molecular weight excluding hydrogens is 1100 g/mol. The Hall–Kier alpha value is -7.32. The maximum absolute atomic E-state index is 13.5. The number of halogens is 1. The molecule has 3 aliphatic rings. The van der Waals surface area contributed by atoms with Crippen LogP contribution in [0.1, 0.15) is 11.1 Å². The van der Waals surface area contributed by atoms with Crippen molar-refractivity contribution in [1.29, 1.82) is 0 Å². The van der Waals surface area contributed by atoms with Gasteiger partial charge in [-0.3, -0.25) is 0 Å². The second-order valence-electron chi connectivity index (χ2n) is 18.3. The Labute approximate surface area is 464 Å². The molecule has 3 saturated heterocycles. The molecule has 4 heterocycles. The summed E-state index contributed by atoms with van der Waals surface area (Å²) in [6.45, 7) is -2.60. The van der Waals surface area contributed by atoms with Crippen molar-refractivity contribution in [2.24, 2.45) is 0 Å². The minimum absolute atomic E-state index is 0. The van der Waals surface area contributed by atoms with Crippen LogP contribution in [0.4, 0.5) is 0 Å². The highest BCUT2D eigenvalue weighted by Gasteiger charge is 2.54. The van der Waals surface area contributed by atoms with E-state index in [1.165, 1.54) is 74.9 Å². The molecule has 15 atom stereocenters. The predicted octanol–water partition coefficient (Wildman–Crippen LogP) is -3.36. The highest BCUT2D eigenvalue weighted by molar-refractivity contribution is 5.90. The molecule has 0 unspecified atom stereocenters. The summed E-state index contributed by atoms with van der Waals surface area (Å²) in [5.74, 6) is -5.53. The lowest BCUT2D eigenvalue weighted by Gasteiger charge is -2.46. The van der Waals surface area contributed by atoms with E-state index >= 15 is 0 Å². The number of methoxy groups -OCH3 is 2. The molecule has 0 amide bonds. The number of hydrogen-bond donors (Lipinski definition) is 14. The summed E-state index contributed by atoms with van der Waals surface area (Å²) in [4.78, 5) is 26.5. The van der Waals surface area contributed by atoms with Gasteiger partial charge in [-0.05, 0) is 59.7 Å². The molecule has 28 heteroatoms. The summed E-state index contributed by atoms with van der Waals surface area (Å²) < 4.78 is 63.6. The summed E-state index contributed by atoms with van der Waals surface area (Å²) in [7, 11) is 2.55. The summed E-state index contributed by atoms with van der Waals surface area (Å²) in [6.07, 6.45) is -24.4. The number of phenols is 5. The molecule has 3 aliphatic heterocycles. The normalized spacial score (nSPS) is 28.5. The van der Waals surface area contributed by atoms with E-state index in [2.05, 4.69) is 0 Å². The first kappa shape index (κ1) is 61.3. The third-order valence-corrected chi connectivity index (χ3v) is 13.0. The van der Waals surface area contributed by atoms with E-state index < -0.39 is 147 Å². The van der Waals surface area contributed by atoms with Gasteiger partial charge in [-0.1, -0.05) is 12.1 Å². The van der Waals surface area contributed by atoms with Gasteiger partial charge in [-0.25, -0.2) is 14.0 Å². The second kappa shape index (κ2) is 26.5. The minimum Gasteiger partial charge on any atom is -1.00 e. The van der Waals surface area contributed by atoms with Gasteiger partial charge >= 0.3 is 23.3 Å². The van der Waals surface area contributed by atoms with E-state index in [0.717, 1.165) is 36.4 Å². The minimum atomic E-state index is -2.19. The van der Waals surface area contributed by atoms with Crippen LogP contribution >= 0.6 is 0 Å². The first-order chi connectivity index (χ1) is 38.2. The third-order valence-electron chi connectivity index (χ3n) is 13.0. The van der Waals surface area contributed by atoms with Crippen LogP contribution in [-0.2, 0) is 38.0 Å². The molecule has 438 valence electrons. The standard InChI is InChI=1S/C53H56O27.ClH/c1-70-32-13-23(14-33(71-2)40(32)62)6-12-39(61)79-49-45(67)42(64)36(20-55)77-53(49)80-50-46(68)43(65)37(21-72-38(60)11-5-22-3-8-25(56)9-4-22)78-52(50)75-34-18-27-30(73-48(34)24-7-10-28(58)29(59)15-24)16-26(57)17-31(27)74-51-47(69)44(66)41(63)35(19-54)76-51;/h3-18,35-37,41-47,49-55,63-69H,19-21H2,1-2H3,(H4-,56,57,58,59,60,61,62);1H/t35-,36-,37-,41-,42-,43-,44+,45+,46+,47-,49-,50-,51-,52-,53+;/m1./s1. The van der Waals surface area contributed by atoms with Crippen LogP contribution in [-0.4, -0.2) is 210 Å². The van der Waals surface area contributed by atoms with Crippen LogP contribution in [0.5, 0.6) is 51.7 Å². The quantitative estimate of drug-likeness (QED) is 0.0176. The van der Waals surface area contributed by atoms with Crippen LogP contribution in [0.25, 0.3) is 34.4 Å². The van der Waals surface area contributed by atoms with Gasteiger partial charge in [-0.15, -0.1) is 0 Å². The smallest absolute Gasteiger partial charge is 0.402 e. The van der Waals surface area contributed by atoms with Gasteiger partial charge in [0, 0.05) is 30.4 Å². The van der Waals surface area contributed by atoms with Crippen LogP contribution in [0, 0.1) is 0 Å². The maximum Gasteiger partial charge on any atom is 0.402 e. The Bertz CT molecular complexity index is 3020.